The maximum Gasteiger partial charge on any atom is 0.227 e. The SMILES string of the molecule is CN(CC1CCCCC1)C(=O)C1CC1N. The predicted molar refractivity (Wildman–Crippen MR) is 60.3 cm³/mol. The van der Waals surface area contributed by atoms with Crippen molar-refractivity contribution in [3.63, 3.8) is 0 Å². The minimum absolute atomic E-state index is 0.138. The number of amides is 1. The van der Waals surface area contributed by atoms with Gasteiger partial charge in [-0.05, 0) is 25.2 Å². The van der Waals surface area contributed by atoms with E-state index in [9.17, 15) is 4.79 Å². The van der Waals surface area contributed by atoms with Gasteiger partial charge in [-0.25, -0.2) is 0 Å². The number of nitrogens with zero attached hydrogens (tertiary/aromatic N) is 1. The Bertz CT molecular complexity index is 236. The van der Waals surface area contributed by atoms with Gasteiger partial charge in [0, 0.05) is 19.6 Å². The second kappa shape index (κ2) is 4.52. The topological polar surface area (TPSA) is 46.3 Å². The molecule has 2 aliphatic carbocycles. The van der Waals surface area contributed by atoms with Crippen molar-refractivity contribution in [2.45, 2.75) is 44.6 Å². The van der Waals surface area contributed by atoms with Crippen LogP contribution in [0.25, 0.3) is 0 Å². The van der Waals surface area contributed by atoms with E-state index in [0.29, 0.717) is 0 Å². The van der Waals surface area contributed by atoms with E-state index in [2.05, 4.69) is 0 Å². The molecule has 0 saturated heterocycles. The summed E-state index contributed by atoms with van der Waals surface area (Å²) in [6.07, 6.45) is 7.56. The van der Waals surface area contributed by atoms with E-state index in [1.807, 2.05) is 11.9 Å². The maximum absolute atomic E-state index is 11.8. The Labute approximate surface area is 92.0 Å². The minimum atomic E-state index is 0.138. The molecular weight excluding hydrogens is 188 g/mol. The van der Waals surface area contributed by atoms with Crippen molar-refractivity contribution < 1.29 is 4.79 Å². The Balaban J connectivity index is 1.75. The summed E-state index contributed by atoms with van der Waals surface area (Å²) in [5.41, 5.74) is 5.69. The molecule has 2 rings (SSSR count). The van der Waals surface area contributed by atoms with E-state index in [-0.39, 0.29) is 17.9 Å². The van der Waals surface area contributed by atoms with Crippen LogP contribution in [0.5, 0.6) is 0 Å². The number of carbonyl (C=O) groups excluding carboxylic acids is 1. The molecule has 1 amide bonds. The van der Waals surface area contributed by atoms with Crippen molar-refractivity contribution in [3.8, 4) is 0 Å². The van der Waals surface area contributed by atoms with Gasteiger partial charge in [0.1, 0.15) is 0 Å². The first kappa shape index (κ1) is 10.9. The molecule has 2 saturated carbocycles. The van der Waals surface area contributed by atoms with Gasteiger partial charge < -0.3 is 10.6 Å². The van der Waals surface area contributed by atoms with Crippen LogP contribution in [0.2, 0.25) is 0 Å². The molecule has 0 aromatic heterocycles. The fraction of sp³-hybridized carbons (Fsp3) is 0.917. The molecule has 2 fully saturated rings. The fourth-order valence-corrected chi connectivity index (χ4v) is 2.63. The lowest BCUT2D eigenvalue weighted by Crippen LogP contribution is -2.34. The standard InChI is InChI=1S/C12H22N2O/c1-14(12(15)10-7-11(10)13)8-9-5-3-2-4-6-9/h9-11H,2-8,13H2,1H3. The zero-order valence-corrected chi connectivity index (χ0v) is 9.61. The zero-order valence-electron chi connectivity index (χ0n) is 9.61. The van der Waals surface area contributed by atoms with E-state index in [4.69, 9.17) is 5.73 Å². The first-order valence-corrected chi connectivity index (χ1v) is 6.19. The lowest BCUT2D eigenvalue weighted by molar-refractivity contribution is -0.132. The van der Waals surface area contributed by atoms with Crippen LogP contribution in [0.4, 0.5) is 0 Å². The molecule has 2 N–H and O–H groups in total. The Kier molecular flexibility index (Phi) is 3.29. The summed E-state index contributed by atoms with van der Waals surface area (Å²) in [6.45, 7) is 0.946. The van der Waals surface area contributed by atoms with Crippen LogP contribution in [0.3, 0.4) is 0 Å². The molecule has 86 valence electrons. The Morgan fingerprint density at radius 1 is 1.33 bits per heavy atom. The smallest absolute Gasteiger partial charge is 0.227 e. The van der Waals surface area contributed by atoms with Gasteiger partial charge in [0.25, 0.3) is 0 Å². The van der Waals surface area contributed by atoms with Gasteiger partial charge in [-0.15, -0.1) is 0 Å². The van der Waals surface area contributed by atoms with E-state index in [0.717, 1.165) is 18.9 Å². The summed E-state index contributed by atoms with van der Waals surface area (Å²) < 4.78 is 0. The normalized spacial score (nSPS) is 31.3. The average molecular weight is 210 g/mol. The number of hydrogen-bond donors (Lipinski definition) is 1. The van der Waals surface area contributed by atoms with Crippen LogP contribution in [0.15, 0.2) is 0 Å². The Morgan fingerprint density at radius 3 is 2.47 bits per heavy atom. The molecule has 0 spiro atoms. The molecule has 0 aromatic rings. The van der Waals surface area contributed by atoms with Gasteiger partial charge in [-0.2, -0.15) is 0 Å². The third-order valence-corrected chi connectivity index (χ3v) is 3.79. The van der Waals surface area contributed by atoms with Crippen molar-refractivity contribution in [2.75, 3.05) is 13.6 Å². The van der Waals surface area contributed by atoms with Crippen molar-refractivity contribution >= 4 is 5.91 Å². The van der Waals surface area contributed by atoms with Gasteiger partial charge in [0.05, 0.1) is 5.92 Å². The molecular formula is C12H22N2O. The third-order valence-electron chi connectivity index (χ3n) is 3.79. The molecule has 2 aliphatic rings. The molecule has 3 heteroatoms. The van der Waals surface area contributed by atoms with Crippen molar-refractivity contribution in [2.24, 2.45) is 17.6 Å². The number of rotatable bonds is 3. The van der Waals surface area contributed by atoms with Crippen LogP contribution in [0.1, 0.15) is 38.5 Å². The summed E-state index contributed by atoms with van der Waals surface area (Å²) in [4.78, 5) is 13.7. The first-order valence-electron chi connectivity index (χ1n) is 6.19. The van der Waals surface area contributed by atoms with Crippen LogP contribution in [-0.4, -0.2) is 30.4 Å². The van der Waals surface area contributed by atoms with Gasteiger partial charge in [0.2, 0.25) is 5.91 Å². The second-order valence-corrected chi connectivity index (χ2v) is 5.23. The first-order chi connectivity index (χ1) is 7.18. The zero-order chi connectivity index (χ0) is 10.8. The lowest BCUT2D eigenvalue weighted by Gasteiger charge is -2.27. The molecule has 0 heterocycles. The highest BCUT2D eigenvalue weighted by Crippen LogP contribution is 2.31. The highest BCUT2D eigenvalue weighted by Gasteiger charge is 2.41. The van der Waals surface area contributed by atoms with Crippen molar-refractivity contribution in [1.82, 2.24) is 4.90 Å². The summed E-state index contributed by atoms with van der Waals surface area (Å²) >= 11 is 0. The van der Waals surface area contributed by atoms with Gasteiger partial charge >= 0.3 is 0 Å². The van der Waals surface area contributed by atoms with Gasteiger partial charge in [-0.1, -0.05) is 19.3 Å². The Hall–Kier alpha value is -0.570. The molecule has 0 aromatic carbocycles. The van der Waals surface area contributed by atoms with E-state index >= 15 is 0 Å². The van der Waals surface area contributed by atoms with Crippen molar-refractivity contribution in [1.29, 1.82) is 0 Å². The molecule has 15 heavy (non-hydrogen) atoms. The molecule has 0 bridgehead atoms. The predicted octanol–water partition coefficient (Wildman–Crippen LogP) is 1.37. The molecule has 2 atom stereocenters. The largest absolute Gasteiger partial charge is 0.345 e. The van der Waals surface area contributed by atoms with E-state index in [1.54, 1.807) is 0 Å². The van der Waals surface area contributed by atoms with E-state index < -0.39 is 0 Å². The molecule has 0 radical (unpaired) electrons. The van der Waals surface area contributed by atoms with E-state index in [1.165, 1.54) is 32.1 Å². The van der Waals surface area contributed by atoms with Gasteiger partial charge in [-0.3, -0.25) is 4.79 Å². The quantitative estimate of drug-likeness (QED) is 0.764. The fourth-order valence-electron chi connectivity index (χ4n) is 2.63. The van der Waals surface area contributed by atoms with Crippen LogP contribution in [-0.2, 0) is 4.79 Å². The average Bonchev–Trinajstić information content (AvgIpc) is 2.96. The number of nitrogens with two attached hydrogens (primary N) is 1. The lowest BCUT2D eigenvalue weighted by atomic mass is 9.89. The van der Waals surface area contributed by atoms with Crippen LogP contribution < -0.4 is 5.73 Å². The maximum atomic E-state index is 11.8. The third kappa shape index (κ3) is 2.71. The molecule has 0 aliphatic heterocycles. The second-order valence-electron chi connectivity index (χ2n) is 5.23. The summed E-state index contributed by atoms with van der Waals surface area (Å²) in [5, 5.41) is 0. The number of hydrogen-bond acceptors (Lipinski definition) is 2. The molecule has 2 unspecified atom stereocenters. The number of carbonyl (C=O) groups is 1. The highest BCUT2D eigenvalue weighted by molar-refractivity contribution is 5.82. The molecule has 3 nitrogen and oxygen atoms in total. The summed E-state index contributed by atoms with van der Waals surface area (Å²) in [7, 11) is 1.93. The summed E-state index contributed by atoms with van der Waals surface area (Å²) in [6, 6.07) is 0.145. The van der Waals surface area contributed by atoms with Crippen LogP contribution >= 0.6 is 0 Å². The van der Waals surface area contributed by atoms with Gasteiger partial charge in [0.15, 0.2) is 0 Å². The monoisotopic (exact) mass is 210 g/mol. The Morgan fingerprint density at radius 2 is 1.93 bits per heavy atom. The highest BCUT2D eigenvalue weighted by atomic mass is 16.2. The summed E-state index contributed by atoms with van der Waals surface area (Å²) in [5.74, 6) is 1.15. The van der Waals surface area contributed by atoms with Crippen molar-refractivity contribution in [3.05, 3.63) is 0 Å². The minimum Gasteiger partial charge on any atom is -0.345 e. The van der Waals surface area contributed by atoms with Crippen LogP contribution in [0, 0.1) is 11.8 Å².